The molecular formula is C34H45NO6Si. The predicted octanol–water partition coefficient (Wildman–Crippen LogP) is 4.49. The van der Waals surface area contributed by atoms with Crippen molar-refractivity contribution in [1.82, 2.24) is 4.90 Å². The van der Waals surface area contributed by atoms with E-state index in [9.17, 15) is 15.0 Å². The molecule has 3 aromatic carbocycles. The first kappa shape index (κ1) is 31.9. The molecule has 0 aliphatic carbocycles. The van der Waals surface area contributed by atoms with Gasteiger partial charge in [0.05, 0.1) is 31.9 Å². The Morgan fingerprint density at radius 2 is 1.31 bits per heavy atom. The lowest BCUT2D eigenvalue weighted by Crippen LogP contribution is -2.72. The summed E-state index contributed by atoms with van der Waals surface area (Å²) in [6, 6.07) is 29.1. The number of aliphatic hydroxyl groups excluding tert-OH is 2. The molecule has 2 N–H and O–H groups in total. The number of piperidine rings is 1. The number of benzene rings is 3. The summed E-state index contributed by atoms with van der Waals surface area (Å²) in [7, 11) is -3.09. The predicted molar refractivity (Wildman–Crippen MR) is 167 cm³/mol. The van der Waals surface area contributed by atoms with Crippen LogP contribution in [0.2, 0.25) is 5.04 Å². The molecule has 0 spiro atoms. The Morgan fingerprint density at radius 3 is 1.79 bits per heavy atom. The van der Waals surface area contributed by atoms with Crippen molar-refractivity contribution in [2.75, 3.05) is 13.2 Å². The van der Waals surface area contributed by atoms with Crippen molar-refractivity contribution in [3.05, 3.63) is 96.6 Å². The van der Waals surface area contributed by atoms with E-state index in [0.29, 0.717) is 6.61 Å². The van der Waals surface area contributed by atoms with Gasteiger partial charge in [0.15, 0.2) is 0 Å². The number of aliphatic hydroxyl groups is 2. The average Bonchev–Trinajstić information content (AvgIpc) is 2.95. The lowest BCUT2D eigenvalue weighted by Gasteiger charge is -2.50. The maximum atomic E-state index is 13.6. The molecule has 0 bridgehead atoms. The number of hydrogen-bond donors (Lipinski definition) is 2. The molecule has 1 amide bonds. The Morgan fingerprint density at radius 1 is 0.810 bits per heavy atom. The van der Waals surface area contributed by atoms with Crippen LogP contribution in [0, 0.1) is 0 Å². The lowest BCUT2D eigenvalue weighted by atomic mass is 9.94. The number of carbonyl (C=O) groups is 1. The zero-order valence-electron chi connectivity index (χ0n) is 25.6. The first-order valence-electron chi connectivity index (χ1n) is 14.6. The molecule has 0 saturated carbocycles. The standard InChI is InChI=1S/C34H45NO6Si/c1-33(2,3)40-32(38)35-22-29(31(37)30(36)28(35)24-39-23-25-16-10-7-11-17-25)41-42(34(4,5)6,26-18-12-8-13-19-26)27-20-14-9-15-21-27/h7-21,28-31,36-37H,22-24H2,1-6H3/t28-,29+,30+,31-/m0/s1. The summed E-state index contributed by atoms with van der Waals surface area (Å²) in [4.78, 5) is 15.0. The fourth-order valence-electron chi connectivity index (χ4n) is 5.69. The molecule has 1 aliphatic rings. The largest absolute Gasteiger partial charge is 0.444 e. The summed E-state index contributed by atoms with van der Waals surface area (Å²) in [5.74, 6) is 0. The Hall–Kier alpha value is -3.01. The van der Waals surface area contributed by atoms with Gasteiger partial charge in [-0.05, 0) is 41.7 Å². The van der Waals surface area contributed by atoms with E-state index >= 15 is 0 Å². The highest BCUT2D eigenvalue weighted by Crippen LogP contribution is 2.39. The number of amides is 1. The van der Waals surface area contributed by atoms with Crippen molar-refractivity contribution < 1.29 is 28.9 Å². The van der Waals surface area contributed by atoms with E-state index < -0.39 is 44.4 Å². The number of likely N-dealkylation sites (tertiary alicyclic amines) is 1. The number of rotatable bonds is 8. The van der Waals surface area contributed by atoms with Crippen LogP contribution >= 0.6 is 0 Å². The van der Waals surface area contributed by atoms with Crippen molar-refractivity contribution in [2.24, 2.45) is 0 Å². The SMILES string of the molecule is CC(C)(C)OC(=O)N1C[C@@H](O[Si](c2ccccc2)(c2ccccc2)C(C)(C)C)[C@H](O)[C@H](O)[C@@H]1COCc1ccccc1. The zero-order valence-corrected chi connectivity index (χ0v) is 26.6. The van der Waals surface area contributed by atoms with Crippen LogP contribution in [0.5, 0.6) is 0 Å². The van der Waals surface area contributed by atoms with Crippen LogP contribution in [-0.2, 0) is 20.5 Å². The van der Waals surface area contributed by atoms with Gasteiger partial charge in [-0.25, -0.2) is 4.79 Å². The molecule has 1 saturated heterocycles. The van der Waals surface area contributed by atoms with Gasteiger partial charge in [-0.2, -0.15) is 0 Å². The molecule has 0 unspecified atom stereocenters. The van der Waals surface area contributed by atoms with Crippen LogP contribution in [0.4, 0.5) is 4.79 Å². The highest BCUT2D eigenvalue weighted by atomic mass is 28.4. The van der Waals surface area contributed by atoms with Crippen LogP contribution in [0.25, 0.3) is 0 Å². The van der Waals surface area contributed by atoms with Gasteiger partial charge in [-0.3, -0.25) is 4.90 Å². The van der Waals surface area contributed by atoms with Gasteiger partial charge in [0.25, 0.3) is 8.32 Å². The van der Waals surface area contributed by atoms with E-state index in [1.54, 1.807) is 20.8 Å². The molecule has 4 rings (SSSR count). The van der Waals surface area contributed by atoms with E-state index in [0.717, 1.165) is 15.9 Å². The second kappa shape index (κ2) is 13.1. The van der Waals surface area contributed by atoms with Crippen LogP contribution in [-0.4, -0.2) is 72.6 Å². The second-order valence-electron chi connectivity index (χ2n) is 13.0. The smallest absolute Gasteiger partial charge is 0.410 e. The summed E-state index contributed by atoms with van der Waals surface area (Å²) in [5, 5.41) is 24.8. The highest BCUT2D eigenvalue weighted by molar-refractivity contribution is 6.99. The Bertz CT molecular complexity index is 1240. The number of hydrogen-bond acceptors (Lipinski definition) is 6. The van der Waals surface area contributed by atoms with Crippen LogP contribution in [0.3, 0.4) is 0 Å². The third-order valence-corrected chi connectivity index (χ3v) is 12.7. The van der Waals surface area contributed by atoms with Gasteiger partial charge in [0, 0.05) is 0 Å². The fourth-order valence-corrected chi connectivity index (χ4v) is 10.4. The van der Waals surface area contributed by atoms with Gasteiger partial charge < -0.3 is 24.1 Å². The van der Waals surface area contributed by atoms with Crippen molar-refractivity contribution in [2.45, 2.75) is 83.1 Å². The fraction of sp³-hybridized carbons (Fsp3) is 0.441. The molecule has 4 atom stereocenters. The van der Waals surface area contributed by atoms with Crippen molar-refractivity contribution in [3.63, 3.8) is 0 Å². The number of carbonyl (C=O) groups excluding carboxylic acids is 1. The summed E-state index contributed by atoms with van der Waals surface area (Å²) >= 11 is 0. The van der Waals surface area contributed by atoms with Crippen molar-refractivity contribution in [1.29, 1.82) is 0 Å². The monoisotopic (exact) mass is 591 g/mol. The molecule has 0 radical (unpaired) electrons. The van der Waals surface area contributed by atoms with E-state index in [1.165, 1.54) is 4.90 Å². The summed E-state index contributed by atoms with van der Waals surface area (Å²) < 4.78 is 18.9. The van der Waals surface area contributed by atoms with Gasteiger partial charge in [-0.15, -0.1) is 0 Å². The molecule has 7 nitrogen and oxygen atoms in total. The molecule has 226 valence electrons. The third kappa shape index (κ3) is 7.13. The molecule has 1 fully saturated rings. The molecular weight excluding hydrogens is 546 g/mol. The van der Waals surface area contributed by atoms with E-state index in [-0.39, 0.29) is 18.2 Å². The molecule has 1 aliphatic heterocycles. The summed E-state index contributed by atoms with van der Waals surface area (Å²) in [6.45, 7) is 12.2. The minimum Gasteiger partial charge on any atom is -0.444 e. The molecule has 42 heavy (non-hydrogen) atoms. The zero-order chi connectivity index (χ0) is 30.5. The van der Waals surface area contributed by atoms with Crippen LogP contribution in [0.15, 0.2) is 91.0 Å². The highest BCUT2D eigenvalue weighted by Gasteiger charge is 2.55. The second-order valence-corrected chi connectivity index (χ2v) is 17.3. The molecule has 8 heteroatoms. The van der Waals surface area contributed by atoms with E-state index in [2.05, 4.69) is 45.0 Å². The maximum Gasteiger partial charge on any atom is 0.410 e. The average molecular weight is 592 g/mol. The minimum absolute atomic E-state index is 0.0261. The Kier molecular flexibility index (Phi) is 9.95. The first-order valence-corrected chi connectivity index (χ1v) is 16.5. The Balaban J connectivity index is 1.70. The third-order valence-electron chi connectivity index (χ3n) is 7.68. The quantitative estimate of drug-likeness (QED) is 0.376. The van der Waals surface area contributed by atoms with E-state index in [1.807, 2.05) is 66.7 Å². The maximum absolute atomic E-state index is 13.6. The molecule has 0 aromatic heterocycles. The van der Waals surface area contributed by atoms with Gasteiger partial charge in [0.2, 0.25) is 0 Å². The van der Waals surface area contributed by atoms with E-state index in [4.69, 9.17) is 13.9 Å². The first-order chi connectivity index (χ1) is 19.8. The Labute approximate surface area is 251 Å². The van der Waals surface area contributed by atoms with Gasteiger partial charge >= 0.3 is 6.09 Å². The van der Waals surface area contributed by atoms with Crippen LogP contribution in [0.1, 0.15) is 47.1 Å². The van der Waals surface area contributed by atoms with Crippen molar-refractivity contribution in [3.8, 4) is 0 Å². The molecule has 1 heterocycles. The molecule has 3 aromatic rings. The minimum atomic E-state index is -3.09. The van der Waals surface area contributed by atoms with Gasteiger partial charge in [0.1, 0.15) is 17.8 Å². The van der Waals surface area contributed by atoms with Crippen LogP contribution < -0.4 is 10.4 Å². The van der Waals surface area contributed by atoms with Gasteiger partial charge in [-0.1, -0.05) is 112 Å². The van der Waals surface area contributed by atoms with Crippen molar-refractivity contribution >= 4 is 24.8 Å². The number of ether oxygens (including phenoxy) is 2. The summed E-state index contributed by atoms with van der Waals surface area (Å²) in [5.41, 5.74) is 0.224. The summed E-state index contributed by atoms with van der Waals surface area (Å²) in [6.07, 6.45) is -4.03. The topological polar surface area (TPSA) is 88.5 Å². The normalized spacial score (nSPS) is 21.7. The number of nitrogens with zero attached hydrogens (tertiary/aromatic N) is 1. The lowest BCUT2D eigenvalue weighted by molar-refractivity contribution is -0.142.